The molecule has 1 atom stereocenters. The van der Waals surface area contributed by atoms with Crippen LogP contribution < -0.4 is 4.74 Å². The lowest BCUT2D eigenvalue weighted by atomic mass is 9.95. The zero-order valence-corrected chi connectivity index (χ0v) is 17.6. The lowest BCUT2D eigenvalue weighted by Gasteiger charge is -2.25. The van der Waals surface area contributed by atoms with E-state index in [1.807, 2.05) is 6.92 Å². The van der Waals surface area contributed by atoms with E-state index < -0.39 is 23.5 Å². The van der Waals surface area contributed by atoms with Crippen LogP contribution in [-0.2, 0) is 14.3 Å². The van der Waals surface area contributed by atoms with Crippen LogP contribution in [0.3, 0.4) is 0 Å². The van der Waals surface area contributed by atoms with Gasteiger partial charge in [-0.05, 0) is 42.7 Å². The van der Waals surface area contributed by atoms with Crippen LogP contribution in [0.1, 0.15) is 36.9 Å². The summed E-state index contributed by atoms with van der Waals surface area (Å²) in [6.07, 6.45) is 1.34. The van der Waals surface area contributed by atoms with E-state index in [2.05, 4.69) is 0 Å². The fourth-order valence-corrected chi connectivity index (χ4v) is 3.59. The Kier molecular flexibility index (Phi) is 7.41. The molecule has 0 saturated carbocycles. The van der Waals surface area contributed by atoms with Gasteiger partial charge in [-0.3, -0.25) is 9.59 Å². The second-order valence-corrected chi connectivity index (χ2v) is 7.27. The predicted octanol–water partition coefficient (Wildman–Crippen LogP) is 4.07. The van der Waals surface area contributed by atoms with E-state index in [4.69, 9.17) is 9.47 Å². The summed E-state index contributed by atoms with van der Waals surface area (Å²) in [6, 6.07) is 11.5. The number of halogens is 1. The molecular formula is C24H26FNO5. The number of ether oxygens (including phenoxy) is 2. The summed E-state index contributed by atoms with van der Waals surface area (Å²) in [6.45, 7) is 3.17. The summed E-state index contributed by atoms with van der Waals surface area (Å²) < 4.78 is 24.2. The normalized spacial score (nSPS) is 17.9. The summed E-state index contributed by atoms with van der Waals surface area (Å²) in [7, 11) is 1.55. The van der Waals surface area contributed by atoms with Crippen LogP contribution in [0, 0.1) is 5.82 Å². The van der Waals surface area contributed by atoms with Gasteiger partial charge in [0.2, 0.25) is 0 Å². The first kappa shape index (κ1) is 22.5. The predicted molar refractivity (Wildman–Crippen MR) is 114 cm³/mol. The monoisotopic (exact) mass is 427 g/mol. The van der Waals surface area contributed by atoms with Gasteiger partial charge in [-0.2, -0.15) is 0 Å². The van der Waals surface area contributed by atoms with Gasteiger partial charge in [0.1, 0.15) is 17.3 Å². The van der Waals surface area contributed by atoms with E-state index in [1.54, 1.807) is 31.4 Å². The molecule has 1 saturated heterocycles. The maximum absolute atomic E-state index is 13.5. The van der Waals surface area contributed by atoms with E-state index in [1.165, 1.54) is 29.2 Å². The lowest BCUT2D eigenvalue weighted by Crippen LogP contribution is -2.31. The first-order valence-corrected chi connectivity index (χ1v) is 10.2. The molecule has 0 radical (unpaired) electrons. The quantitative estimate of drug-likeness (QED) is 0.283. The largest absolute Gasteiger partial charge is 0.507 e. The number of amides is 1. The molecule has 0 aromatic heterocycles. The number of Topliss-reactive ketones (excluding diaryl/α,β-unsaturated/α-hetero) is 1. The van der Waals surface area contributed by atoms with Crippen molar-refractivity contribution in [1.29, 1.82) is 0 Å². The van der Waals surface area contributed by atoms with Gasteiger partial charge < -0.3 is 19.5 Å². The van der Waals surface area contributed by atoms with Crippen molar-refractivity contribution in [2.24, 2.45) is 0 Å². The van der Waals surface area contributed by atoms with E-state index in [0.29, 0.717) is 36.5 Å². The molecule has 6 nitrogen and oxygen atoms in total. The molecule has 1 aliphatic rings. The van der Waals surface area contributed by atoms with Crippen molar-refractivity contribution in [3.63, 3.8) is 0 Å². The fraction of sp³-hybridized carbons (Fsp3) is 0.333. The molecule has 2 aromatic rings. The molecule has 1 N–H and O–H groups in total. The number of nitrogens with zero attached hydrogens (tertiary/aromatic N) is 1. The van der Waals surface area contributed by atoms with E-state index >= 15 is 0 Å². The van der Waals surface area contributed by atoms with E-state index in [-0.39, 0.29) is 17.9 Å². The first-order valence-electron chi connectivity index (χ1n) is 10.2. The molecule has 0 aliphatic carbocycles. The minimum absolute atomic E-state index is 0.0262. The van der Waals surface area contributed by atoms with Crippen LogP contribution in [0.15, 0.2) is 54.1 Å². The summed E-state index contributed by atoms with van der Waals surface area (Å²) >= 11 is 0. The van der Waals surface area contributed by atoms with Crippen molar-refractivity contribution in [3.05, 3.63) is 71.0 Å². The topological polar surface area (TPSA) is 76.1 Å². The summed E-state index contributed by atoms with van der Waals surface area (Å²) in [5.74, 6) is -1.64. The maximum Gasteiger partial charge on any atom is 0.295 e. The summed E-state index contributed by atoms with van der Waals surface area (Å²) in [4.78, 5) is 27.1. The fourth-order valence-electron chi connectivity index (χ4n) is 3.59. The highest BCUT2D eigenvalue weighted by Gasteiger charge is 2.45. The van der Waals surface area contributed by atoms with Gasteiger partial charge in [0.15, 0.2) is 0 Å². The Balaban J connectivity index is 2.07. The molecule has 3 rings (SSSR count). The van der Waals surface area contributed by atoms with Crippen molar-refractivity contribution in [3.8, 4) is 5.75 Å². The third-order valence-corrected chi connectivity index (χ3v) is 5.05. The molecule has 0 bridgehead atoms. The highest BCUT2D eigenvalue weighted by atomic mass is 19.1. The average Bonchev–Trinajstić information content (AvgIpc) is 3.03. The Labute approximate surface area is 180 Å². The van der Waals surface area contributed by atoms with Crippen molar-refractivity contribution in [2.75, 3.05) is 26.9 Å². The number of likely N-dealkylation sites (tertiary alicyclic amines) is 1. The first-order chi connectivity index (χ1) is 15.0. The van der Waals surface area contributed by atoms with Crippen molar-refractivity contribution in [2.45, 2.75) is 25.8 Å². The molecule has 1 fully saturated rings. The molecular weight excluding hydrogens is 401 g/mol. The number of hydrogen-bond donors (Lipinski definition) is 1. The molecule has 1 heterocycles. The van der Waals surface area contributed by atoms with Gasteiger partial charge in [0, 0.05) is 25.8 Å². The molecule has 1 unspecified atom stereocenters. The Hall–Kier alpha value is -3.19. The number of aliphatic hydroxyl groups is 1. The number of carbonyl (C=O) groups is 2. The van der Waals surface area contributed by atoms with Gasteiger partial charge in [0.05, 0.1) is 18.2 Å². The Bertz CT molecular complexity index is 970. The average molecular weight is 427 g/mol. The number of hydrogen-bond acceptors (Lipinski definition) is 5. The second-order valence-electron chi connectivity index (χ2n) is 7.27. The van der Waals surface area contributed by atoms with Crippen molar-refractivity contribution < 1.29 is 28.6 Å². The van der Waals surface area contributed by atoms with E-state index in [9.17, 15) is 19.1 Å². The minimum atomic E-state index is -0.822. The van der Waals surface area contributed by atoms with Gasteiger partial charge in [-0.1, -0.05) is 31.2 Å². The third-order valence-electron chi connectivity index (χ3n) is 5.05. The Morgan fingerprint density at radius 3 is 2.55 bits per heavy atom. The zero-order chi connectivity index (χ0) is 22.4. The number of rotatable bonds is 9. The maximum atomic E-state index is 13.5. The highest BCUT2D eigenvalue weighted by molar-refractivity contribution is 6.46. The van der Waals surface area contributed by atoms with Gasteiger partial charge in [0.25, 0.3) is 11.7 Å². The smallest absolute Gasteiger partial charge is 0.295 e. The van der Waals surface area contributed by atoms with Crippen LogP contribution >= 0.6 is 0 Å². The molecule has 0 spiro atoms. The molecule has 2 aromatic carbocycles. The SMILES string of the molecule is CCCOc1cccc(C(O)=C2C(=O)C(=O)N(CCCOC)C2c2ccc(F)cc2)c1. The minimum Gasteiger partial charge on any atom is -0.507 e. The van der Waals surface area contributed by atoms with Crippen molar-refractivity contribution >= 4 is 17.4 Å². The third kappa shape index (κ3) is 4.94. The standard InChI is InChI=1S/C24H26FNO5/c1-3-13-31-19-7-4-6-17(15-19)22(27)20-21(16-8-10-18(25)11-9-16)26(12-5-14-30-2)24(29)23(20)28/h4,6-11,15,21,27H,3,5,12-14H2,1-2H3. The molecule has 1 aliphatic heterocycles. The van der Waals surface area contributed by atoms with Crippen LogP contribution in [0.25, 0.3) is 5.76 Å². The number of aliphatic hydroxyl groups excluding tert-OH is 1. The van der Waals surface area contributed by atoms with Crippen LogP contribution in [-0.4, -0.2) is 48.6 Å². The lowest BCUT2D eigenvalue weighted by molar-refractivity contribution is -0.140. The molecule has 31 heavy (non-hydrogen) atoms. The number of benzene rings is 2. The zero-order valence-electron chi connectivity index (χ0n) is 17.6. The summed E-state index contributed by atoms with van der Waals surface area (Å²) in [5.41, 5.74) is 0.884. The van der Waals surface area contributed by atoms with Crippen LogP contribution in [0.2, 0.25) is 0 Å². The van der Waals surface area contributed by atoms with Gasteiger partial charge >= 0.3 is 0 Å². The van der Waals surface area contributed by atoms with E-state index in [0.717, 1.165) is 6.42 Å². The highest BCUT2D eigenvalue weighted by Crippen LogP contribution is 2.39. The molecule has 164 valence electrons. The number of carbonyl (C=O) groups excluding carboxylic acids is 2. The Morgan fingerprint density at radius 1 is 1.13 bits per heavy atom. The number of ketones is 1. The Morgan fingerprint density at radius 2 is 1.87 bits per heavy atom. The van der Waals surface area contributed by atoms with Crippen molar-refractivity contribution in [1.82, 2.24) is 4.90 Å². The second kappa shape index (κ2) is 10.2. The molecule has 7 heteroatoms. The van der Waals surface area contributed by atoms with Gasteiger partial charge in [-0.25, -0.2) is 4.39 Å². The number of methoxy groups -OCH3 is 1. The van der Waals surface area contributed by atoms with Crippen LogP contribution in [0.4, 0.5) is 4.39 Å². The summed E-state index contributed by atoms with van der Waals surface area (Å²) in [5, 5.41) is 11.1. The molecule has 1 amide bonds. The van der Waals surface area contributed by atoms with Crippen LogP contribution in [0.5, 0.6) is 5.75 Å². The van der Waals surface area contributed by atoms with Gasteiger partial charge in [-0.15, -0.1) is 0 Å².